The summed E-state index contributed by atoms with van der Waals surface area (Å²) in [7, 11) is 0. The van der Waals surface area contributed by atoms with Crippen molar-refractivity contribution in [1.29, 1.82) is 0 Å². The average Bonchev–Trinajstić information content (AvgIpc) is 3.33. The van der Waals surface area contributed by atoms with Gasteiger partial charge in [-0.25, -0.2) is 4.98 Å². The molecule has 6 nitrogen and oxygen atoms in total. The maximum atomic E-state index is 12.2. The van der Waals surface area contributed by atoms with E-state index in [2.05, 4.69) is 71.8 Å². The third kappa shape index (κ3) is 4.11. The number of nitrogens with one attached hydrogen (secondary N) is 1. The third-order valence-electron chi connectivity index (χ3n) is 4.74. The number of aromatic amines is 1. The van der Waals surface area contributed by atoms with Crippen LogP contribution in [0.3, 0.4) is 0 Å². The highest BCUT2D eigenvalue weighted by Crippen LogP contribution is 2.28. The standard InChI is InChI=1S/C22H23N5OS2/c1-5-11-27-19(14-6-8-15(9-7-14)22(2,3)4)25-26-21(27)30-13-17-23-16-10-12-29-18(16)20(28)24-17/h5-10,12H,1,11,13H2,2-4H3,(H,23,24,28). The van der Waals surface area contributed by atoms with E-state index in [1.54, 1.807) is 0 Å². The van der Waals surface area contributed by atoms with Gasteiger partial charge in [-0.1, -0.05) is 62.9 Å². The minimum Gasteiger partial charge on any atom is -0.309 e. The first-order valence-electron chi connectivity index (χ1n) is 9.61. The molecule has 0 radical (unpaired) electrons. The highest BCUT2D eigenvalue weighted by molar-refractivity contribution is 7.98. The Morgan fingerprint density at radius 2 is 1.97 bits per heavy atom. The van der Waals surface area contributed by atoms with Crippen molar-refractivity contribution in [3.05, 3.63) is 70.1 Å². The molecule has 154 valence electrons. The molecule has 3 heterocycles. The number of fused-ring (bicyclic) bond motifs is 1. The van der Waals surface area contributed by atoms with Gasteiger partial charge < -0.3 is 4.98 Å². The molecule has 0 saturated carbocycles. The number of hydrogen-bond donors (Lipinski definition) is 1. The van der Waals surface area contributed by atoms with Gasteiger partial charge >= 0.3 is 0 Å². The summed E-state index contributed by atoms with van der Waals surface area (Å²) in [6.45, 7) is 11.1. The van der Waals surface area contributed by atoms with Crippen molar-refractivity contribution in [2.45, 2.75) is 43.6 Å². The van der Waals surface area contributed by atoms with Gasteiger partial charge in [0.1, 0.15) is 10.5 Å². The van der Waals surface area contributed by atoms with E-state index in [1.807, 2.05) is 22.1 Å². The lowest BCUT2D eigenvalue weighted by Gasteiger charge is -2.19. The molecule has 1 aromatic carbocycles. The van der Waals surface area contributed by atoms with Crippen molar-refractivity contribution < 1.29 is 0 Å². The van der Waals surface area contributed by atoms with E-state index in [4.69, 9.17) is 0 Å². The second-order valence-electron chi connectivity index (χ2n) is 7.97. The molecule has 4 aromatic rings. The Morgan fingerprint density at radius 1 is 1.20 bits per heavy atom. The first-order valence-corrected chi connectivity index (χ1v) is 11.5. The smallest absolute Gasteiger partial charge is 0.268 e. The van der Waals surface area contributed by atoms with Crippen LogP contribution in [0.15, 0.2) is 58.3 Å². The number of H-pyrrole nitrogens is 1. The molecule has 0 aliphatic rings. The molecule has 0 atom stereocenters. The number of benzene rings is 1. The minimum atomic E-state index is -0.0993. The van der Waals surface area contributed by atoms with Crippen LogP contribution in [0, 0.1) is 0 Å². The van der Waals surface area contributed by atoms with Crippen molar-refractivity contribution >= 4 is 33.3 Å². The lowest BCUT2D eigenvalue weighted by molar-refractivity contribution is 0.590. The number of thiophene rings is 1. The van der Waals surface area contributed by atoms with E-state index >= 15 is 0 Å². The average molecular weight is 438 g/mol. The molecular weight excluding hydrogens is 414 g/mol. The minimum absolute atomic E-state index is 0.0990. The van der Waals surface area contributed by atoms with Crippen LogP contribution in [0.2, 0.25) is 0 Å². The molecule has 0 unspecified atom stereocenters. The Hall–Kier alpha value is -2.71. The number of rotatable bonds is 6. The van der Waals surface area contributed by atoms with Gasteiger partial charge in [-0.2, -0.15) is 0 Å². The Labute approximate surface area is 183 Å². The fourth-order valence-corrected chi connectivity index (χ4v) is 4.69. The van der Waals surface area contributed by atoms with Crippen LogP contribution in [0.4, 0.5) is 0 Å². The topological polar surface area (TPSA) is 76.5 Å². The molecule has 1 N–H and O–H groups in total. The van der Waals surface area contributed by atoms with Gasteiger partial charge in [0.25, 0.3) is 5.56 Å². The fourth-order valence-electron chi connectivity index (χ4n) is 3.14. The summed E-state index contributed by atoms with van der Waals surface area (Å²) in [5, 5.41) is 11.4. The lowest BCUT2D eigenvalue weighted by atomic mass is 9.87. The van der Waals surface area contributed by atoms with Crippen LogP contribution in [0.1, 0.15) is 32.2 Å². The monoisotopic (exact) mass is 437 g/mol. The van der Waals surface area contributed by atoms with Gasteiger partial charge in [-0.3, -0.25) is 9.36 Å². The van der Waals surface area contributed by atoms with E-state index in [9.17, 15) is 4.79 Å². The van der Waals surface area contributed by atoms with Crippen molar-refractivity contribution in [3.63, 3.8) is 0 Å². The summed E-state index contributed by atoms with van der Waals surface area (Å²) >= 11 is 2.89. The molecule has 0 amide bonds. The van der Waals surface area contributed by atoms with Gasteiger partial charge in [0, 0.05) is 12.1 Å². The molecule has 8 heteroatoms. The Bertz CT molecular complexity index is 1250. The molecule has 0 fully saturated rings. The van der Waals surface area contributed by atoms with Crippen LogP contribution < -0.4 is 5.56 Å². The predicted molar refractivity (Wildman–Crippen MR) is 124 cm³/mol. The Balaban J connectivity index is 1.60. The van der Waals surface area contributed by atoms with E-state index in [1.165, 1.54) is 28.7 Å². The van der Waals surface area contributed by atoms with Crippen molar-refractivity contribution in [2.75, 3.05) is 0 Å². The van der Waals surface area contributed by atoms with Crippen molar-refractivity contribution in [1.82, 2.24) is 24.7 Å². The Kier molecular flexibility index (Phi) is 5.62. The zero-order valence-corrected chi connectivity index (χ0v) is 18.8. The number of aromatic nitrogens is 5. The third-order valence-corrected chi connectivity index (χ3v) is 6.62. The zero-order chi connectivity index (χ0) is 21.3. The maximum Gasteiger partial charge on any atom is 0.268 e. The van der Waals surface area contributed by atoms with Gasteiger partial charge in [0.15, 0.2) is 11.0 Å². The summed E-state index contributed by atoms with van der Waals surface area (Å²) < 4.78 is 2.69. The number of allylic oxidation sites excluding steroid dienone is 1. The summed E-state index contributed by atoms with van der Waals surface area (Å²) in [6.07, 6.45) is 1.83. The normalized spacial score (nSPS) is 11.8. The molecule has 0 aliphatic carbocycles. The first-order chi connectivity index (χ1) is 14.4. The predicted octanol–water partition coefficient (Wildman–Crippen LogP) is 5.02. The van der Waals surface area contributed by atoms with Crippen LogP contribution in [-0.4, -0.2) is 24.7 Å². The largest absolute Gasteiger partial charge is 0.309 e. The molecule has 3 aromatic heterocycles. The van der Waals surface area contributed by atoms with Gasteiger partial charge in [-0.05, 0) is 22.4 Å². The molecule has 4 rings (SSSR count). The quantitative estimate of drug-likeness (QED) is 0.339. The molecule has 0 aliphatic heterocycles. The second kappa shape index (κ2) is 8.20. The van der Waals surface area contributed by atoms with Crippen LogP contribution in [0.5, 0.6) is 0 Å². The Morgan fingerprint density at radius 3 is 2.67 bits per heavy atom. The number of thioether (sulfide) groups is 1. The lowest BCUT2D eigenvalue weighted by Crippen LogP contribution is -2.10. The van der Waals surface area contributed by atoms with Crippen LogP contribution >= 0.6 is 23.1 Å². The van der Waals surface area contributed by atoms with E-state index < -0.39 is 0 Å². The second-order valence-corrected chi connectivity index (χ2v) is 9.83. The highest BCUT2D eigenvalue weighted by Gasteiger charge is 2.17. The summed E-state index contributed by atoms with van der Waals surface area (Å²) in [6, 6.07) is 10.3. The van der Waals surface area contributed by atoms with Gasteiger partial charge in [0.2, 0.25) is 0 Å². The fraction of sp³-hybridized carbons (Fsp3) is 0.273. The number of nitrogens with zero attached hydrogens (tertiary/aromatic N) is 4. The molecule has 30 heavy (non-hydrogen) atoms. The van der Waals surface area contributed by atoms with Crippen molar-refractivity contribution in [3.8, 4) is 11.4 Å². The first kappa shape index (κ1) is 20.6. The molecule has 0 saturated heterocycles. The summed E-state index contributed by atoms with van der Waals surface area (Å²) in [4.78, 5) is 19.6. The SMILES string of the molecule is C=CCn1c(SCc2nc3ccsc3c(=O)[nH]2)nnc1-c1ccc(C(C)(C)C)cc1. The zero-order valence-electron chi connectivity index (χ0n) is 17.2. The molecule has 0 bridgehead atoms. The highest BCUT2D eigenvalue weighted by atomic mass is 32.2. The summed E-state index contributed by atoms with van der Waals surface area (Å²) in [5.74, 6) is 1.92. The number of hydrogen-bond acceptors (Lipinski definition) is 6. The maximum absolute atomic E-state index is 12.2. The van der Waals surface area contributed by atoms with Crippen LogP contribution in [0.25, 0.3) is 21.6 Å². The van der Waals surface area contributed by atoms with E-state index in [0.717, 1.165) is 22.1 Å². The van der Waals surface area contributed by atoms with Crippen molar-refractivity contribution in [2.24, 2.45) is 0 Å². The van der Waals surface area contributed by atoms with Gasteiger partial charge in [-0.15, -0.1) is 28.1 Å². The molecule has 0 spiro atoms. The van der Waals surface area contributed by atoms with Gasteiger partial charge in [0.05, 0.1) is 11.3 Å². The summed E-state index contributed by atoms with van der Waals surface area (Å²) in [5.41, 5.74) is 3.01. The van der Waals surface area contributed by atoms with E-state index in [0.29, 0.717) is 22.8 Å². The van der Waals surface area contributed by atoms with Crippen LogP contribution in [-0.2, 0) is 17.7 Å². The van der Waals surface area contributed by atoms with E-state index in [-0.39, 0.29) is 11.0 Å². The molecular formula is C22H23N5OS2.